The number of nitrogens with one attached hydrogen (secondary N) is 1. The molecule has 0 heterocycles. The zero-order chi connectivity index (χ0) is 11.4. The van der Waals surface area contributed by atoms with E-state index in [2.05, 4.69) is 26.1 Å². The van der Waals surface area contributed by atoms with E-state index in [4.69, 9.17) is 0 Å². The summed E-state index contributed by atoms with van der Waals surface area (Å²) in [6.45, 7) is 7.63. The van der Waals surface area contributed by atoms with Gasteiger partial charge in [-0.3, -0.25) is 4.21 Å². The molecule has 1 saturated carbocycles. The molecular formula is C12H25NOS. The minimum Gasteiger partial charge on any atom is -0.313 e. The Morgan fingerprint density at radius 3 is 2.60 bits per heavy atom. The zero-order valence-corrected chi connectivity index (χ0v) is 11.3. The third kappa shape index (κ3) is 4.23. The van der Waals surface area contributed by atoms with Crippen LogP contribution in [0.25, 0.3) is 0 Å². The molecule has 2 nitrogen and oxygen atoms in total. The fourth-order valence-electron chi connectivity index (χ4n) is 2.40. The molecule has 1 aliphatic rings. The molecule has 15 heavy (non-hydrogen) atoms. The second-order valence-electron chi connectivity index (χ2n) is 5.22. The third-order valence-corrected chi connectivity index (χ3v) is 4.97. The van der Waals surface area contributed by atoms with E-state index in [0.29, 0.717) is 6.04 Å². The van der Waals surface area contributed by atoms with E-state index in [9.17, 15) is 4.21 Å². The minimum atomic E-state index is -0.695. The van der Waals surface area contributed by atoms with Gasteiger partial charge in [0.1, 0.15) is 0 Å². The number of rotatable bonds is 4. The lowest BCUT2D eigenvalue weighted by Crippen LogP contribution is -2.42. The maximum absolute atomic E-state index is 11.2. The Kier molecular flexibility index (Phi) is 5.27. The predicted molar refractivity (Wildman–Crippen MR) is 67.5 cm³/mol. The molecule has 0 aromatic carbocycles. The van der Waals surface area contributed by atoms with Gasteiger partial charge in [-0.05, 0) is 38.0 Å². The quantitative estimate of drug-likeness (QED) is 0.803. The van der Waals surface area contributed by atoms with Crippen LogP contribution >= 0.6 is 0 Å². The van der Waals surface area contributed by atoms with Gasteiger partial charge in [0, 0.05) is 34.9 Å². The summed E-state index contributed by atoms with van der Waals surface area (Å²) in [5.41, 5.74) is 0. The monoisotopic (exact) mass is 231 g/mol. The maximum atomic E-state index is 11.2. The first-order valence-electron chi connectivity index (χ1n) is 6.06. The average molecular weight is 231 g/mol. The van der Waals surface area contributed by atoms with Gasteiger partial charge < -0.3 is 5.32 Å². The number of hydrogen-bond acceptors (Lipinski definition) is 2. The standard InChI is InChI=1S/C12H25NOS/c1-9-5-6-12(10(2)7-9)13-8-11(3)15(4)14/h9-13H,5-8H2,1-4H3/t9-,10+,11+,12+,15+/m1/s1. The van der Waals surface area contributed by atoms with Gasteiger partial charge >= 0.3 is 0 Å². The fraction of sp³-hybridized carbons (Fsp3) is 1.00. The van der Waals surface area contributed by atoms with Crippen molar-refractivity contribution in [1.29, 1.82) is 0 Å². The van der Waals surface area contributed by atoms with Crippen LogP contribution in [0.4, 0.5) is 0 Å². The molecule has 1 N–H and O–H groups in total. The van der Waals surface area contributed by atoms with Crippen LogP contribution in [0.15, 0.2) is 0 Å². The predicted octanol–water partition coefficient (Wildman–Crippen LogP) is 2.17. The van der Waals surface area contributed by atoms with Gasteiger partial charge in [0.05, 0.1) is 0 Å². The SMILES string of the molecule is C[C@@H]1CC[C@H](NC[C@H](C)[S@](C)=O)[C@@H](C)C1. The molecule has 90 valence electrons. The van der Waals surface area contributed by atoms with Crippen molar-refractivity contribution in [2.24, 2.45) is 11.8 Å². The summed E-state index contributed by atoms with van der Waals surface area (Å²) in [5, 5.41) is 3.85. The Morgan fingerprint density at radius 1 is 1.40 bits per heavy atom. The summed E-state index contributed by atoms with van der Waals surface area (Å²) in [4.78, 5) is 0. The summed E-state index contributed by atoms with van der Waals surface area (Å²) in [5.74, 6) is 1.65. The molecule has 5 atom stereocenters. The largest absolute Gasteiger partial charge is 0.313 e. The topological polar surface area (TPSA) is 29.1 Å². The van der Waals surface area contributed by atoms with Crippen LogP contribution in [0.1, 0.15) is 40.0 Å². The van der Waals surface area contributed by atoms with Gasteiger partial charge in [0.2, 0.25) is 0 Å². The van der Waals surface area contributed by atoms with Crippen LogP contribution in [-0.2, 0) is 10.8 Å². The van der Waals surface area contributed by atoms with Crippen molar-refractivity contribution in [3.05, 3.63) is 0 Å². The second-order valence-corrected chi connectivity index (χ2v) is 7.02. The third-order valence-electron chi connectivity index (χ3n) is 3.67. The molecular weight excluding hydrogens is 206 g/mol. The van der Waals surface area contributed by atoms with Gasteiger partial charge in [-0.25, -0.2) is 0 Å². The summed E-state index contributed by atoms with van der Waals surface area (Å²) in [7, 11) is -0.695. The lowest BCUT2D eigenvalue weighted by molar-refractivity contribution is 0.229. The Balaban J connectivity index is 2.29. The molecule has 1 aliphatic carbocycles. The molecule has 0 saturated heterocycles. The van der Waals surface area contributed by atoms with Gasteiger partial charge in [0.15, 0.2) is 0 Å². The molecule has 0 bridgehead atoms. The molecule has 0 aromatic rings. The van der Waals surface area contributed by atoms with Gasteiger partial charge in [-0.2, -0.15) is 0 Å². The summed E-state index contributed by atoms with van der Waals surface area (Å²) < 4.78 is 11.2. The van der Waals surface area contributed by atoms with Crippen molar-refractivity contribution in [1.82, 2.24) is 5.32 Å². The highest BCUT2D eigenvalue weighted by Crippen LogP contribution is 2.28. The molecule has 0 unspecified atom stereocenters. The van der Waals surface area contributed by atoms with Gasteiger partial charge in [0.25, 0.3) is 0 Å². The first kappa shape index (κ1) is 13.2. The second kappa shape index (κ2) is 6.00. The van der Waals surface area contributed by atoms with Crippen molar-refractivity contribution in [2.45, 2.75) is 51.3 Å². The molecule has 0 spiro atoms. The van der Waals surface area contributed by atoms with Crippen LogP contribution in [0.5, 0.6) is 0 Å². The van der Waals surface area contributed by atoms with Gasteiger partial charge in [-0.15, -0.1) is 0 Å². The van der Waals surface area contributed by atoms with Crippen molar-refractivity contribution in [2.75, 3.05) is 12.8 Å². The first-order chi connectivity index (χ1) is 7.00. The maximum Gasteiger partial charge on any atom is 0.0441 e. The molecule has 0 amide bonds. The van der Waals surface area contributed by atoms with E-state index >= 15 is 0 Å². The molecule has 1 rings (SSSR count). The molecule has 0 aromatic heterocycles. The Labute approximate surface area is 96.7 Å². The van der Waals surface area contributed by atoms with E-state index in [-0.39, 0.29) is 5.25 Å². The molecule has 3 heteroatoms. The molecule has 0 aliphatic heterocycles. The van der Waals surface area contributed by atoms with Crippen LogP contribution in [0.3, 0.4) is 0 Å². The Hall–Kier alpha value is 0.110. The van der Waals surface area contributed by atoms with Crippen LogP contribution in [0.2, 0.25) is 0 Å². The molecule has 1 fully saturated rings. The van der Waals surface area contributed by atoms with Crippen LogP contribution in [-0.4, -0.2) is 28.3 Å². The highest BCUT2D eigenvalue weighted by Gasteiger charge is 2.25. The highest BCUT2D eigenvalue weighted by atomic mass is 32.2. The average Bonchev–Trinajstić information content (AvgIpc) is 2.15. The van der Waals surface area contributed by atoms with E-state index in [1.807, 2.05) is 0 Å². The number of hydrogen-bond donors (Lipinski definition) is 1. The van der Waals surface area contributed by atoms with E-state index < -0.39 is 10.8 Å². The summed E-state index contributed by atoms with van der Waals surface area (Å²) in [6, 6.07) is 0.646. The lowest BCUT2D eigenvalue weighted by Gasteiger charge is -2.33. The lowest BCUT2D eigenvalue weighted by atomic mass is 9.80. The highest BCUT2D eigenvalue weighted by molar-refractivity contribution is 7.84. The smallest absolute Gasteiger partial charge is 0.0441 e. The minimum absolute atomic E-state index is 0.275. The van der Waals surface area contributed by atoms with Crippen molar-refractivity contribution >= 4 is 10.8 Å². The first-order valence-corrected chi connectivity index (χ1v) is 7.68. The van der Waals surface area contributed by atoms with Crippen LogP contribution < -0.4 is 5.32 Å². The van der Waals surface area contributed by atoms with Crippen molar-refractivity contribution in [3.63, 3.8) is 0 Å². The zero-order valence-electron chi connectivity index (χ0n) is 10.5. The molecule has 0 radical (unpaired) electrons. The summed E-state index contributed by atoms with van der Waals surface area (Å²) >= 11 is 0. The van der Waals surface area contributed by atoms with Crippen molar-refractivity contribution < 1.29 is 4.21 Å². The van der Waals surface area contributed by atoms with Gasteiger partial charge in [-0.1, -0.05) is 13.8 Å². The summed E-state index contributed by atoms with van der Waals surface area (Å²) in [6.07, 6.45) is 5.75. The van der Waals surface area contributed by atoms with E-state index in [1.165, 1.54) is 19.3 Å². The van der Waals surface area contributed by atoms with E-state index in [1.54, 1.807) is 6.26 Å². The Morgan fingerprint density at radius 2 is 2.07 bits per heavy atom. The van der Waals surface area contributed by atoms with E-state index in [0.717, 1.165) is 18.4 Å². The Bertz CT molecular complexity index is 220. The normalized spacial score (nSPS) is 36.1. The fourth-order valence-corrected chi connectivity index (χ4v) is 2.73. The van der Waals surface area contributed by atoms with Crippen molar-refractivity contribution in [3.8, 4) is 0 Å². The van der Waals surface area contributed by atoms with Crippen LogP contribution in [0, 0.1) is 11.8 Å².